The van der Waals surface area contributed by atoms with Gasteiger partial charge in [-0.1, -0.05) is 17.3 Å². The Kier molecular flexibility index (Phi) is 3.02. The zero-order chi connectivity index (χ0) is 8.27. The molecule has 0 saturated carbocycles. The lowest BCUT2D eigenvalue weighted by atomic mass is 10.2. The third kappa shape index (κ3) is 2.27. The fraction of sp³-hybridized carbons (Fsp3) is 0.833. The van der Waals surface area contributed by atoms with Crippen molar-refractivity contribution in [1.82, 2.24) is 9.37 Å². The Balaban J connectivity index is 2.19. The normalized spacial score (nSPS) is 16.5. The molecular weight excluding hydrogens is 164 g/mol. The average molecular weight is 176 g/mol. The quantitative estimate of drug-likeness (QED) is 0.501. The van der Waals surface area contributed by atoms with E-state index in [4.69, 9.17) is 4.84 Å². The molecule has 1 aliphatic heterocycles. The lowest BCUT2D eigenvalue weighted by molar-refractivity contribution is -0.0349. The minimum absolute atomic E-state index is 0.298. The van der Waals surface area contributed by atoms with Crippen LogP contribution in [0.1, 0.15) is 13.3 Å². The summed E-state index contributed by atoms with van der Waals surface area (Å²) in [6.07, 6.45) is 0.779. The van der Waals surface area contributed by atoms with Crippen molar-refractivity contribution >= 4 is 18.9 Å². The first kappa shape index (κ1) is 8.67. The standard InChI is InChI=1S/C6H12N2O2S/c1-2-8(11)10-6(9)7-4-3-5-7/h11H,2-5H2,1H3. The first-order valence-electron chi connectivity index (χ1n) is 3.67. The minimum atomic E-state index is -0.298. The van der Waals surface area contributed by atoms with Crippen molar-refractivity contribution in [1.29, 1.82) is 0 Å². The molecule has 0 radical (unpaired) electrons. The van der Waals surface area contributed by atoms with E-state index in [9.17, 15) is 4.79 Å². The van der Waals surface area contributed by atoms with Crippen LogP contribution in [-0.4, -0.2) is 35.1 Å². The highest BCUT2D eigenvalue weighted by atomic mass is 32.1. The van der Waals surface area contributed by atoms with Crippen LogP contribution in [0.15, 0.2) is 0 Å². The van der Waals surface area contributed by atoms with Crippen LogP contribution >= 0.6 is 12.8 Å². The highest BCUT2D eigenvalue weighted by Crippen LogP contribution is 2.09. The minimum Gasteiger partial charge on any atom is -0.340 e. The third-order valence-corrected chi connectivity index (χ3v) is 1.93. The predicted molar refractivity (Wildman–Crippen MR) is 44.0 cm³/mol. The maximum Gasteiger partial charge on any atom is 0.429 e. The first-order chi connectivity index (χ1) is 5.24. The second-order valence-corrected chi connectivity index (χ2v) is 2.81. The largest absolute Gasteiger partial charge is 0.429 e. The van der Waals surface area contributed by atoms with Gasteiger partial charge < -0.3 is 9.74 Å². The molecule has 1 saturated heterocycles. The lowest BCUT2D eigenvalue weighted by Gasteiger charge is -2.30. The van der Waals surface area contributed by atoms with Crippen LogP contribution in [-0.2, 0) is 4.84 Å². The lowest BCUT2D eigenvalue weighted by Crippen LogP contribution is -2.43. The van der Waals surface area contributed by atoms with Crippen LogP contribution in [0, 0.1) is 0 Å². The fourth-order valence-corrected chi connectivity index (χ4v) is 0.781. The average Bonchev–Trinajstić information content (AvgIpc) is 1.83. The summed E-state index contributed by atoms with van der Waals surface area (Å²) in [7, 11) is 0. The van der Waals surface area contributed by atoms with Crippen LogP contribution in [0.5, 0.6) is 0 Å². The Labute approximate surface area is 71.6 Å². The molecule has 1 fully saturated rings. The van der Waals surface area contributed by atoms with Crippen molar-refractivity contribution in [3.8, 4) is 0 Å². The molecule has 64 valence electrons. The number of hydrogen-bond donors (Lipinski definition) is 1. The van der Waals surface area contributed by atoms with Gasteiger partial charge in [-0.05, 0) is 13.3 Å². The molecule has 0 N–H and O–H groups in total. The van der Waals surface area contributed by atoms with Crippen LogP contribution in [0.4, 0.5) is 4.79 Å². The molecule has 0 aromatic rings. The van der Waals surface area contributed by atoms with Crippen molar-refractivity contribution < 1.29 is 9.63 Å². The molecule has 1 heterocycles. The van der Waals surface area contributed by atoms with Gasteiger partial charge >= 0.3 is 6.09 Å². The number of amides is 1. The van der Waals surface area contributed by atoms with Crippen LogP contribution < -0.4 is 0 Å². The van der Waals surface area contributed by atoms with E-state index >= 15 is 0 Å². The zero-order valence-corrected chi connectivity index (χ0v) is 7.38. The van der Waals surface area contributed by atoms with E-state index in [1.807, 2.05) is 6.92 Å². The summed E-state index contributed by atoms with van der Waals surface area (Å²) < 4.78 is 1.22. The molecule has 0 atom stereocenters. The molecule has 0 aromatic carbocycles. The molecule has 0 aromatic heterocycles. The van der Waals surface area contributed by atoms with E-state index in [0.717, 1.165) is 19.5 Å². The molecular formula is C6H12N2O2S. The Morgan fingerprint density at radius 2 is 2.36 bits per heavy atom. The summed E-state index contributed by atoms with van der Waals surface area (Å²) in [4.78, 5) is 17.4. The molecule has 0 bridgehead atoms. The molecule has 1 rings (SSSR count). The maximum atomic E-state index is 11.0. The zero-order valence-electron chi connectivity index (χ0n) is 6.49. The highest BCUT2D eigenvalue weighted by Gasteiger charge is 2.22. The topological polar surface area (TPSA) is 32.8 Å². The van der Waals surface area contributed by atoms with Gasteiger partial charge in [0.2, 0.25) is 0 Å². The highest BCUT2D eigenvalue weighted by molar-refractivity contribution is 7.77. The Bertz CT molecular complexity index is 150. The van der Waals surface area contributed by atoms with Crippen molar-refractivity contribution in [2.24, 2.45) is 0 Å². The van der Waals surface area contributed by atoms with Gasteiger partial charge in [-0.3, -0.25) is 0 Å². The number of likely N-dealkylation sites (tertiary alicyclic amines) is 1. The first-order valence-corrected chi connectivity index (χ1v) is 4.07. The molecule has 0 aliphatic carbocycles. The van der Waals surface area contributed by atoms with E-state index in [0.29, 0.717) is 6.54 Å². The van der Waals surface area contributed by atoms with Gasteiger partial charge in [-0.2, -0.15) is 0 Å². The molecule has 0 spiro atoms. The summed E-state index contributed by atoms with van der Waals surface area (Å²) in [5.74, 6) is 0. The van der Waals surface area contributed by atoms with Crippen LogP contribution in [0.2, 0.25) is 0 Å². The van der Waals surface area contributed by atoms with Crippen molar-refractivity contribution in [2.75, 3.05) is 19.6 Å². The Morgan fingerprint density at radius 1 is 1.73 bits per heavy atom. The van der Waals surface area contributed by atoms with E-state index in [2.05, 4.69) is 12.8 Å². The molecule has 5 heteroatoms. The monoisotopic (exact) mass is 176 g/mol. The van der Waals surface area contributed by atoms with Gasteiger partial charge in [0.05, 0.1) is 0 Å². The summed E-state index contributed by atoms with van der Waals surface area (Å²) in [6.45, 7) is 4.06. The summed E-state index contributed by atoms with van der Waals surface area (Å²) in [6, 6.07) is 0. The van der Waals surface area contributed by atoms with Gasteiger partial charge in [0, 0.05) is 19.6 Å². The number of carbonyl (C=O) groups is 1. The smallest absolute Gasteiger partial charge is 0.340 e. The summed E-state index contributed by atoms with van der Waals surface area (Å²) >= 11 is 3.89. The SMILES string of the molecule is CCN(S)OC(=O)N1CCC1. The Morgan fingerprint density at radius 3 is 2.73 bits per heavy atom. The van der Waals surface area contributed by atoms with E-state index in [1.165, 1.54) is 4.47 Å². The van der Waals surface area contributed by atoms with Crippen molar-refractivity contribution in [3.63, 3.8) is 0 Å². The van der Waals surface area contributed by atoms with Gasteiger partial charge in [0.1, 0.15) is 0 Å². The number of thiol groups is 1. The number of hydrogen-bond acceptors (Lipinski definition) is 4. The van der Waals surface area contributed by atoms with E-state index in [1.54, 1.807) is 4.90 Å². The number of carbonyl (C=O) groups excluding carboxylic acids is 1. The number of nitrogens with zero attached hydrogens (tertiary/aromatic N) is 2. The van der Waals surface area contributed by atoms with Gasteiger partial charge in [-0.15, -0.1) is 0 Å². The number of hydroxylamine groups is 1. The second-order valence-electron chi connectivity index (χ2n) is 2.37. The number of rotatable bonds is 2. The van der Waals surface area contributed by atoms with E-state index in [-0.39, 0.29) is 6.09 Å². The molecule has 0 unspecified atom stereocenters. The van der Waals surface area contributed by atoms with Gasteiger partial charge in [-0.25, -0.2) is 4.79 Å². The maximum absolute atomic E-state index is 11.0. The summed E-state index contributed by atoms with van der Waals surface area (Å²) in [5.41, 5.74) is 0. The van der Waals surface area contributed by atoms with Gasteiger partial charge in [0.15, 0.2) is 0 Å². The molecule has 1 amide bonds. The van der Waals surface area contributed by atoms with Crippen LogP contribution in [0.3, 0.4) is 0 Å². The molecule has 11 heavy (non-hydrogen) atoms. The molecule has 4 nitrogen and oxygen atoms in total. The second kappa shape index (κ2) is 3.82. The van der Waals surface area contributed by atoms with Crippen molar-refractivity contribution in [3.05, 3.63) is 0 Å². The third-order valence-electron chi connectivity index (χ3n) is 1.57. The molecule has 1 aliphatic rings. The van der Waals surface area contributed by atoms with Crippen LogP contribution in [0.25, 0.3) is 0 Å². The van der Waals surface area contributed by atoms with Gasteiger partial charge in [0.25, 0.3) is 0 Å². The summed E-state index contributed by atoms with van der Waals surface area (Å²) in [5, 5.41) is 0. The predicted octanol–water partition coefficient (Wildman–Crippen LogP) is 0.910. The van der Waals surface area contributed by atoms with Crippen molar-refractivity contribution in [2.45, 2.75) is 13.3 Å². The Hall–Kier alpha value is -0.420. The fourth-order valence-electron chi connectivity index (χ4n) is 0.711. The van der Waals surface area contributed by atoms with E-state index < -0.39 is 0 Å².